The molecule has 1 saturated heterocycles. The smallest absolute Gasteiger partial charge is 0.191 e. The number of methoxy groups -OCH3 is 1. The zero-order chi connectivity index (χ0) is 19.4. The minimum absolute atomic E-state index is 0.0121. The topological polar surface area (TPSA) is 64.1 Å². The predicted molar refractivity (Wildman–Crippen MR) is 110 cm³/mol. The van der Waals surface area contributed by atoms with E-state index in [0.29, 0.717) is 0 Å². The maximum Gasteiger partial charge on any atom is 0.191 e. The number of hydrogen-bond donors (Lipinski definition) is 2. The first-order valence-corrected chi connectivity index (χ1v) is 10.1. The van der Waals surface area contributed by atoms with Crippen molar-refractivity contribution in [3.8, 4) is 5.75 Å². The summed E-state index contributed by atoms with van der Waals surface area (Å²) in [4.78, 5) is 4.91. The molecule has 1 heterocycles. The second-order valence-electron chi connectivity index (χ2n) is 6.79. The number of guanidine groups is 1. The van der Waals surface area contributed by atoms with Gasteiger partial charge < -0.3 is 24.8 Å². The number of nitrogens with zero attached hydrogens (tertiary/aromatic N) is 1. The highest BCUT2D eigenvalue weighted by molar-refractivity contribution is 5.79. The highest BCUT2D eigenvalue weighted by Gasteiger charge is 2.34. The lowest BCUT2D eigenvalue weighted by atomic mass is 9.74. The van der Waals surface area contributed by atoms with Crippen molar-refractivity contribution in [2.45, 2.75) is 38.5 Å². The van der Waals surface area contributed by atoms with Gasteiger partial charge in [-0.15, -0.1) is 0 Å². The molecule has 0 unspecified atom stereocenters. The van der Waals surface area contributed by atoms with Gasteiger partial charge in [-0.05, 0) is 50.8 Å². The van der Waals surface area contributed by atoms with Crippen LogP contribution in [0.5, 0.6) is 5.75 Å². The highest BCUT2D eigenvalue weighted by atomic mass is 16.5. The monoisotopic (exact) mass is 377 g/mol. The summed E-state index contributed by atoms with van der Waals surface area (Å²) in [7, 11) is 1.70. The van der Waals surface area contributed by atoms with E-state index in [-0.39, 0.29) is 5.41 Å². The first kappa shape index (κ1) is 21.5. The largest absolute Gasteiger partial charge is 0.497 e. The van der Waals surface area contributed by atoms with E-state index in [9.17, 15) is 0 Å². The fourth-order valence-electron chi connectivity index (χ4n) is 3.34. The van der Waals surface area contributed by atoms with Crippen LogP contribution < -0.4 is 15.4 Å². The molecule has 0 saturated carbocycles. The molecule has 6 heteroatoms. The molecule has 0 radical (unpaired) electrons. The molecule has 1 aromatic rings. The molecule has 0 aromatic heterocycles. The van der Waals surface area contributed by atoms with Crippen LogP contribution in [-0.4, -0.2) is 59.1 Å². The fraction of sp³-hybridized carbons (Fsp3) is 0.667. The van der Waals surface area contributed by atoms with Gasteiger partial charge in [0.05, 0.1) is 13.7 Å². The van der Waals surface area contributed by atoms with Gasteiger partial charge in [-0.1, -0.05) is 12.1 Å². The maximum absolute atomic E-state index is 5.63. The summed E-state index contributed by atoms with van der Waals surface area (Å²) in [6, 6.07) is 8.41. The van der Waals surface area contributed by atoms with Gasteiger partial charge in [0.1, 0.15) is 5.75 Å². The number of benzene rings is 1. The summed E-state index contributed by atoms with van der Waals surface area (Å²) >= 11 is 0. The van der Waals surface area contributed by atoms with Gasteiger partial charge in [0.2, 0.25) is 0 Å². The summed E-state index contributed by atoms with van der Waals surface area (Å²) in [6.07, 6.45) is 2.93. The summed E-state index contributed by atoms with van der Waals surface area (Å²) in [6.45, 7) is 9.64. The molecule has 2 rings (SSSR count). The van der Waals surface area contributed by atoms with Gasteiger partial charge in [-0.2, -0.15) is 0 Å². The Morgan fingerprint density at radius 1 is 1.15 bits per heavy atom. The van der Waals surface area contributed by atoms with Crippen molar-refractivity contribution in [1.82, 2.24) is 10.6 Å². The third-order valence-electron chi connectivity index (χ3n) is 5.00. The van der Waals surface area contributed by atoms with E-state index < -0.39 is 0 Å². The van der Waals surface area contributed by atoms with Crippen molar-refractivity contribution >= 4 is 5.96 Å². The van der Waals surface area contributed by atoms with Crippen LogP contribution in [-0.2, 0) is 14.9 Å². The van der Waals surface area contributed by atoms with Crippen molar-refractivity contribution in [2.75, 3.05) is 53.2 Å². The molecule has 27 heavy (non-hydrogen) atoms. The first-order chi connectivity index (χ1) is 13.2. The Hall–Kier alpha value is -1.79. The Balaban J connectivity index is 2.06. The SMILES string of the molecule is CCNC(=NCC1(c2ccc(OC)cc2)CCOCC1)NCCCOCC. The highest BCUT2D eigenvalue weighted by Crippen LogP contribution is 2.36. The Bertz CT molecular complexity index is 554. The first-order valence-electron chi connectivity index (χ1n) is 10.1. The molecule has 2 N–H and O–H groups in total. The molecule has 0 spiro atoms. The quantitative estimate of drug-likeness (QED) is 0.373. The van der Waals surface area contributed by atoms with Crippen LogP contribution in [0.2, 0.25) is 0 Å². The summed E-state index contributed by atoms with van der Waals surface area (Å²) in [5.74, 6) is 1.75. The second-order valence-corrected chi connectivity index (χ2v) is 6.79. The van der Waals surface area contributed by atoms with Gasteiger partial charge in [0.25, 0.3) is 0 Å². The lowest BCUT2D eigenvalue weighted by molar-refractivity contribution is 0.0531. The van der Waals surface area contributed by atoms with E-state index in [2.05, 4.69) is 29.7 Å². The lowest BCUT2D eigenvalue weighted by Crippen LogP contribution is -2.41. The van der Waals surface area contributed by atoms with Crippen LogP contribution in [0.1, 0.15) is 38.7 Å². The van der Waals surface area contributed by atoms with Gasteiger partial charge in [-0.3, -0.25) is 4.99 Å². The van der Waals surface area contributed by atoms with E-state index in [0.717, 1.165) is 77.0 Å². The van der Waals surface area contributed by atoms with Crippen molar-refractivity contribution in [3.63, 3.8) is 0 Å². The molecule has 6 nitrogen and oxygen atoms in total. The number of ether oxygens (including phenoxy) is 3. The van der Waals surface area contributed by atoms with Gasteiger partial charge in [-0.25, -0.2) is 0 Å². The number of aliphatic imine (C=N–C) groups is 1. The number of hydrogen-bond acceptors (Lipinski definition) is 4. The van der Waals surface area contributed by atoms with Crippen molar-refractivity contribution in [1.29, 1.82) is 0 Å². The molecule has 1 aromatic carbocycles. The zero-order valence-corrected chi connectivity index (χ0v) is 17.1. The second kappa shape index (κ2) is 11.8. The normalized spacial score (nSPS) is 16.8. The molecule has 1 aliphatic heterocycles. The predicted octanol–water partition coefficient (Wildman–Crippen LogP) is 2.73. The van der Waals surface area contributed by atoms with Crippen LogP contribution in [0, 0.1) is 0 Å². The lowest BCUT2D eigenvalue weighted by Gasteiger charge is -2.36. The van der Waals surface area contributed by atoms with Crippen molar-refractivity contribution in [3.05, 3.63) is 29.8 Å². The Morgan fingerprint density at radius 3 is 2.52 bits per heavy atom. The zero-order valence-electron chi connectivity index (χ0n) is 17.1. The number of rotatable bonds is 10. The van der Waals surface area contributed by atoms with E-state index >= 15 is 0 Å². The van der Waals surface area contributed by atoms with Crippen molar-refractivity contribution < 1.29 is 14.2 Å². The van der Waals surface area contributed by atoms with Gasteiger partial charge in [0, 0.05) is 44.9 Å². The number of nitrogens with one attached hydrogen (secondary N) is 2. The molecule has 0 atom stereocenters. The van der Waals surface area contributed by atoms with Gasteiger partial charge in [0.15, 0.2) is 5.96 Å². The van der Waals surface area contributed by atoms with Gasteiger partial charge >= 0.3 is 0 Å². The summed E-state index contributed by atoms with van der Waals surface area (Å²) < 4.78 is 16.3. The van der Waals surface area contributed by atoms with E-state index in [1.807, 2.05) is 19.1 Å². The average Bonchev–Trinajstić information content (AvgIpc) is 2.72. The fourth-order valence-corrected chi connectivity index (χ4v) is 3.34. The molecule has 1 aliphatic rings. The Kier molecular flexibility index (Phi) is 9.42. The molecule has 0 aliphatic carbocycles. The van der Waals surface area contributed by atoms with E-state index in [4.69, 9.17) is 19.2 Å². The van der Waals surface area contributed by atoms with Crippen molar-refractivity contribution in [2.24, 2.45) is 4.99 Å². The summed E-state index contributed by atoms with van der Waals surface area (Å²) in [5, 5.41) is 6.76. The maximum atomic E-state index is 5.63. The molecule has 152 valence electrons. The van der Waals surface area contributed by atoms with Crippen LogP contribution in [0.25, 0.3) is 0 Å². The minimum Gasteiger partial charge on any atom is -0.497 e. The standard InChI is InChI=1S/C21H35N3O3/c1-4-22-20(23-13-6-14-26-5-2)24-17-21(11-15-27-16-12-21)18-7-9-19(25-3)10-8-18/h7-10H,4-6,11-17H2,1-3H3,(H2,22,23,24). The Morgan fingerprint density at radius 2 is 1.89 bits per heavy atom. The van der Waals surface area contributed by atoms with Crippen LogP contribution >= 0.6 is 0 Å². The minimum atomic E-state index is 0.0121. The molecule has 0 bridgehead atoms. The average molecular weight is 378 g/mol. The van der Waals surface area contributed by atoms with Crippen LogP contribution in [0.15, 0.2) is 29.3 Å². The third-order valence-corrected chi connectivity index (χ3v) is 5.00. The summed E-state index contributed by atoms with van der Waals surface area (Å²) in [5.41, 5.74) is 1.32. The molecular weight excluding hydrogens is 342 g/mol. The van der Waals surface area contributed by atoms with E-state index in [1.54, 1.807) is 7.11 Å². The van der Waals surface area contributed by atoms with E-state index in [1.165, 1.54) is 5.56 Å². The van der Waals surface area contributed by atoms with Crippen LogP contribution in [0.4, 0.5) is 0 Å². The van der Waals surface area contributed by atoms with Crippen LogP contribution in [0.3, 0.4) is 0 Å². The Labute approximate surface area is 163 Å². The molecule has 0 amide bonds. The third kappa shape index (κ3) is 6.70. The molecular formula is C21H35N3O3. The molecule has 1 fully saturated rings.